The number of nitrogens with two attached hydrogens (primary N) is 1. The van der Waals surface area contributed by atoms with Crippen LogP contribution >= 0.6 is 11.8 Å². The van der Waals surface area contributed by atoms with E-state index in [4.69, 9.17) is 5.14 Å². The molecular weight excluding hydrogens is 302 g/mol. The average Bonchev–Trinajstić information content (AvgIpc) is 3.15. The number of nitrogens with one attached hydrogen (secondary N) is 1. The summed E-state index contributed by atoms with van der Waals surface area (Å²) in [7, 11) is -4.02. The van der Waals surface area contributed by atoms with Gasteiger partial charge in [0.1, 0.15) is 4.90 Å². The number of nitro benzene ring substituents is 1. The molecular formula is C11H15N3O4S2. The maximum Gasteiger partial charge on any atom is 0.270 e. The molecule has 1 saturated carbocycles. The van der Waals surface area contributed by atoms with Crippen LogP contribution in [0.4, 0.5) is 11.4 Å². The van der Waals surface area contributed by atoms with Gasteiger partial charge in [-0.1, -0.05) is 0 Å². The fourth-order valence-electron chi connectivity index (χ4n) is 1.85. The molecule has 0 unspecified atom stereocenters. The average molecular weight is 317 g/mol. The molecule has 2 rings (SSSR count). The lowest BCUT2D eigenvalue weighted by Crippen LogP contribution is -2.21. The van der Waals surface area contributed by atoms with Crippen molar-refractivity contribution in [3.63, 3.8) is 0 Å². The summed E-state index contributed by atoms with van der Waals surface area (Å²) < 4.78 is 23.2. The molecule has 0 aromatic heterocycles. The van der Waals surface area contributed by atoms with Crippen LogP contribution in [0.25, 0.3) is 0 Å². The topological polar surface area (TPSA) is 115 Å². The molecule has 3 N–H and O–H groups in total. The third-order valence-corrected chi connectivity index (χ3v) is 5.69. The van der Waals surface area contributed by atoms with E-state index in [1.165, 1.54) is 12.1 Å². The Morgan fingerprint density at radius 3 is 2.60 bits per heavy atom. The Hall–Kier alpha value is -1.32. The summed E-state index contributed by atoms with van der Waals surface area (Å²) >= 11 is 1.73. The van der Waals surface area contributed by atoms with E-state index in [0.29, 0.717) is 12.2 Å². The van der Waals surface area contributed by atoms with Crippen LogP contribution in [0.2, 0.25) is 0 Å². The Bertz CT molecular complexity index is 641. The van der Waals surface area contributed by atoms with Gasteiger partial charge in [-0.15, -0.1) is 0 Å². The number of benzene rings is 1. The SMILES string of the molecule is CSC1(CNc2ccc([N+](=O)[O-])cc2S(N)(=O)=O)CC1. The zero-order valence-electron chi connectivity index (χ0n) is 10.8. The smallest absolute Gasteiger partial charge is 0.270 e. The number of hydrogen-bond acceptors (Lipinski definition) is 6. The molecule has 0 spiro atoms. The highest BCUT2D eigenvalue weighted by molar-refractivity contribution is 8.00. The lowest BCUT2D eigenvalue weighted by Gasteiger charge is -2.16. The van der Waals surface area contributed by atoms with E-state index in [-0.39, 0.29) is 15.3 Å². The van der Waals surface area contributed by atoms with Crippen molar-refractivity contribution in [2.24, 2.45) is 5.14 Å². The first-order valence-corrected chi connectivity index (χ1v) is 8.65. The predicted octanol–water partition coefficient (Wildman–Crippen LogP) is 1.55. The van der Waals surface area contributed by atoms with Crippen molar-refractivity contribution in [3.8, 4) is 0 Å². The second kappa shape index (κ2) is 5.23. The predicted molar refractivity (Wildman–Crippen MR) is 78.4 cm³/mol. The number of rotatable bonds is 6. The third-order valence-electron chi connectivity index (χ3n) is 3.32. The fraction of sp³-hybridized carbons (Fsp3) is 0.455. The molecule has 20 heavy (non-hydrogen) atoms. The van der Waals surface area contributed by atoms with Gasteiger partial charge in [0.25, 0.3) is 5.69 Å². The lowest BCUT2D eigenvalue weighted by molar-refractivity contribution is -0.385. The molecule has 1 aromatic carbocycles. The van der Waals surface area contributed by atoms with Gasteiger partial charge in [0, 0.05) is 23.4 Å². The summed E-state index contributed by atoms with van der Waals surface area (Å²) in [5.41, 5.74) is 0.00371. The van der Waals surface area contributed by atoms with Gasteiger partial charge in [-0.3, -0.25) is 10.1 Å². The lowest BCUT2D eigenvalue weighted by atomic mass is 10.2. The van der Waals surface area contributed by atoms with E-state index in [2.05, 4.69) is 5.32 Å². The quantitative estimate of drug-likeness (QED) is 0.607. The first-order valence-electron chi connectivity index (χ1n) is 5.88. The summed E-state index contributed by atoms with van der Waals surface area (Å²) in [6.07, 6.45) is 4.14. The summed E-state index contributed by atoms with van der Waals surface area (Å²) in [5.74, 6) is 0. The highest BCUT2D eigenvalue weighted by Crippen LogP contribution is 2.47. The summed E-state index contributed by atoms with van der Waals surface area (Å²) in [6, 6.07) is 3.63. The molecule has 0 saturated heterocycles. The van der Waals surface area contributed by atoms with Crippen LogP contribution in [0, 0.1) is 10.1 Å². The van der Waals surface area contributed by atoms with Crippen molar-refractivity contribution >= 4 is 33.2 Å². The second-order valence-corrected chi connectivity index (χ2v) is 7.53. The van der Waals surface area contributed by atoms with E-state index in [9.17, 15) is 18.5 Å². The summed E-state index contributed by atoms with van der Waals surface area (Å²) in [5, 5.41) is 18.9. The molecule has 1 fully saturated rings. The first kappa shape index (κ1) is 15.1. The Morgan fingerprint density at radius 1 is 1.50 bits per heavy atom. The van der Waals surface area contributed by atoms with Gasteiger partial charge in [-0.05, 0) is 25.2 Å². The second-order valence-electron chi connectivity index (χ2n) is 4.72. The first-order chi connectivity index (χ1) is 9.27. The van der Waals surface area contributed by atoms with Crippen molar-refractivity contribution in [1.29, 1.82) is 0 Å². The van der Waals surface area contributed by atoms with E-state index in [1.807, 2.05) is 6.26 Å². The number of sulfonamides is 1. The zero-order chi connectivity index (χ0) is 15.0. The summed E-state index contributed by atoms with van der Waals surface area (Å²) in [4.78, 5) is 9.81. The van der Waals surface area contributed by atoms with Crippen LogP contribution in [0.1, 0.15) is 12.8 Å². The number of hydrogen-bond donors (Lipinski definition) is 2. The molecule has 0 amide bonds. The standard InChI is InChI=1S/C11H15N3O4S2/c1-19-11(4-5-11)7-13-9-3-2-8(14(15)16)6-10(9)20(12,17)18/h2-3,6,13H,4-5,7H2,1H3,(H2,12,17,18). The van der Waals surface area contributed by atoms with Crippen LogP contribution in [0.3, 0.4) is 0 Å². The van der Waals surface area contributed by atoms with Gasteiger partial charge in [0.2, 0.25) is 10.0 Å². The highest BCUT2D eigenvalue weighted by atomic mass is 32.2. The van der Waals surface area contributed by atoms with E-state index in [1.54, 1.807) is 11.8 Å². The van der Waals surface area contributed by atoms with Crippen molar-refractivity contribution in [1.82, 2.24) is 0 Å². The molecule has 0 aliphatic heterocycles. The third kappa shape index (κ3) is 3.22. The minimum Gasteiger partial charge on any atom is -0.383 e. The van der Waals surface area contributed by atoms with Crippen LogP contribution in [0.15, 0.2) is 23.1 Å². The van der Waals surface area contributed by atoms with Gasteiger partial charge in [0.05, 0.1) is 10.6 Å². The van der Waals surface area contributed by atoms with Gasteiger partial charge >= 0.3 is 0 Å². The van der Waals surface area contributed by atoms with Crippen molar-refractivity contribution < 1.29 is 13.3 Å². The molecule has 0 bridgehead atoms. The number of nitrogens with zero attached hydrogens (tertiary/aromatic N) is 1. The molecule has 1 aliphatic carbocycles. The monoisotopic (exact) mass is 317 g/mol. The Labute approximate surface area is 121 Å². The van der Waals surface area contributed by atoms with Crippen LogP contribution in [-0.2, 0) is 10.0 Å². The normalized spacial score (nSPS) is 16.7. The Morgan fingerprint density at radius 2 is 2.15 bits per heavy atom. The van der Waals surface area contributed by atoms with Crippen LogP contribution < -0.4 is 10.5 Å². The van der Waals surface area contributed by atoms with Crippen LogP contribution in [-0.4, -0.2) is 30.9 Å². The maximum absolute atomic E-state index is 11.5. The van der Waals surface area contributed by atoms with E-state index in [0.717, 1.165) is 18.9 Å². The number of primary sulfonamides is 1. The number of anilines is 1. The number of non-ortho nitro benzene ring substituents is 1. The molecule has 110 valence electrons. The number of nitro groups is 1. The van der Waals surface area contributed by atoms with E-state index >= 15 is 0 Å². The highest BCUT2D eigenvalue weighted by Gasteiger charge is 2.41. The molecule has 9 heteroatoms. The minimum atomic E-state index is -4.02. The Balaban J connectivity index is 2.30. The van der Waals surface area contributed by atoms with Gasteiger partial charge < -0.3 is 5.32 Å². The fourth-order valence-corrected chi connectivity index (χ4v) is 3.31. The van der Waals surface area contributed by atoms with Crippen molar-refractivity contribution in [2.45, 2.75) is 22.5 Å². The molecule has 0 radical (unpaired) electrons. The Kier molecular flexibility index (Phi) is 3.94. The molecule has 1 aromatic rings. The van der Waals surface area contributed by atoms with Crippen molar-refractivity contribution in [2.75, 3.05) is 18.1 Å². The zero-order valence-corrected chi connectivity index (χ0v) is 12.5. The summed E-state index contributed by atoms with van der Waals surface area (Å²) in [6.45, 7) is 0.606. The minimum absolute atomic E-state index is 0.136. The van der Waals surface area contributed by atoms with Gasteiger partial charge in [-0.2, -0.15) is 11.8 Å². The maximum atomic E-state index is 11.5. The van der Waals surface area contributed by atoms with Gasteiger partial charge in [0.15, 0.2) is 0 Å². The van der Waals surface area contributed by atoms with E-state index < -0.39 is 14.9 Å². The largest absolute Gasteiger partial charge is 0.383 e. The van der Waals surface area contributed by atoms with Crippen LogP contribution in [0.5, 0.6) is 0 Å². The molecule has 0 heterocycles. The number of thioether (sulfide) groups is 1. The molecule has 7 nitrogen and oxygen atoms in total. The molecule has 1 aliphatic rings. The van der Waals surface area contributed by atoms with Crippen molar-refractivity contribution in [3.05, 3.63) is 28.3 Å². The van der Waals surface area contributed by atoms with Gasteiger partial charge in [-0.25, -0.2) is 13.6 Å². The molecule has 0 atom stereocenters.